The van der Waals surface area contributed by atoms with E-state index in [4.69, 9.17) is 0 Å². The van der Waals surface area contributed by atoms with Gasteiger partial charge in [-0.2, -0.15) is 0 Å². The number of quaternary nitrogens is 1. The van der Waals surface area contributed by atoms with Gasteiger partial charge in [-0.25, -0.2) is 12.8 Å². The second-order valence-electron chi connectivity index (χ2n) is 4.06. The molecule has 1 heterocycles. The Hall–Kier alpha value is -1.79. The summed E-state index contributed by atoms with van der Waals surface area (Å²) in [6.07, 6.45) is 3.09. The topological polar surface area (TPSA) is 74.7 Å². The maximum atomic E-state index is 12.9. The molecule has 0 saturated carbocycles. The second kappa shape index (κ2) is 5.46. The van der Waals surface area contributed by atoms with Gasteiger partial charge in [-0.05, 0) is 35.9 Å². The summed E-state index contributed by atoms with van der Waals surface area (Å²) in [5.41, 5.74) is 4.28. The summed E-state index contributed by atoms with van der Waals surface area (Å²) in [6, 6.07) is 8.18. The Morgan fingerprint density at radius 1 is 1.21 bits per heavy atom. The fourth-order valence-corrected chi connectivity index (χ4v) is 3.51. The van der Waals surface area contributed by atoms with E-state index < -0.39 is 20.9 Å². The molecule has 0 radical (unpaired) electrons. The predicted octanol–water partition coefficient (Wildman–Crippen LogP) is 0.978. The lowest BCUT2D eigenvalue weighted by molar-refractivity contribution is -0.367. The zero-order chi connectivity index (χ0) is 13.9. The first-order valence-corrected chi connectivity index (χ1v) is 7.29. The molecule has 1 aromatic carbocycles. The van der Waals surface area contributed by atoms with Crippen molar-refractivity contribution in [3.8, 4) is 0 Å². The zero-order valence-electron chi connectivity index (χ0n) is 10.2. The number of rotatable bonds is 4. The standard InChI is InChI=1S/C13H13FN2O2S/c14-11-3-5-12(6-4-11)19(17,18)13(8-15)10-2-1-7-16-9-10/h1-7,9,13H,8,15H2/p+1/t13-/m1/s1. The van der Waals surface area contributed by atoms with E-state index in [1.165, 1.54) is 18.3 Å². The Morgan fingerprint density at radius 2 is 1.89 bits per heavy atom. The van der Waals surface area contributed by atoms with Gasteiger partial charge in [0.25, 0.3) is 0 Å². The third-order valence-electron chi connectivity index (χ3n) is 2.84. The monoisotopic (exact) mass is 281 g/mol. The van der Waals surface area contributed by atoms with E-state index in [1.807, 2.05) is 0 Å². The van der Waals surface area contributed by atoms with Crippen LogP contribution in [0.1, 0.15) is 10.8 Å². The molecule has 2 rings (SSSR count). The van der Waals surface area contributed by atoms with Gasteiger partial charge in [-0.3, -0.25) is 4.98 Å². The molecular formula is C13H14FN2O2S+. The molecule has 4 nitrogen and oxygen atoms in total. The molecule has 0 aliphatic heterocycles. The molecule has 0 aliphatic rings. The second-order valence-corrected chi connectivity index (χ2v) is 6.19. The lowest BCUT2D eigenvalue weighted by Crippen LogP contribution is -2.54. The third-order valence-corrected chi connectivity index (χ3v) is 5.02. The first-order valence-electron chi connectivity index (χ1n) is 5.74. The van der Waals surface area contributed by atoms with Crippen LogP contribution in [0, 0.1) is 5.82 Å². The van der Waals surface area contributed by atoms with Crippen LogP contribution >= 0.6 is 0 Å². The van der Waals surface area contributed by atoms with Crippen molar-refractivity contribution in [3.05, 3.63) is 60.2 Å². The number of pyridine rings is 1. The summed E-state index contributed by atoms with van der Waals surface area (Å²) < 4.78 is 37.8. The minimum atomic E-state index is -3.59. The van der Waals surface area contributed by atoms with E-state index in [9.17, 15) is 12.8 Å². The van der Waals surface area contributed by atoms with Crippen LogP contribution in [0.3, 0.4) is 0 Å². The molecule has 0 unspecified atom stereocenters. The Morgan fingerprint density at radius 3 is 2.42 bits per heavy atom. The molecule has 100 valence electrons. The molecule has 0 spiro atoms. The van der Waals surface area contributed by atoms with Crippen molar-refractivity contribution in [1.29, 1.82) is 0 Å². The van der Waals surface area contributed by atoms with E-state index >= 15 is 0 Å². The Kier molecular flexibility index (Phi) is 3.92. The SMILES string of the molecule is [NH3+]C[C@H](c1cccnc1)S(=O)(=O)c1ccc(F)cc1. The maximum absolute atomic E-state index is 12.9. The van der Waals surface area contributed by atoms with Crippen molar-refractivity contribution < 1.29 is 18.5 Å². The predicted molar refractivity (Wildman–Crippen MR) is 68.3 cm³/mol. The van der Waals surface area contributed by atoms with E-state index in [-0.39, 0.29) is 11.4 Å². The number of aromatic nitrogens is 1. The van der Waals surface area contributed by atoms with Gasteiger partial charge in [-0.15, -0.1) is 0 Å². The third kappa shape index (κ3) is 2.80. The van der Waals surface area contributed by atoms with Gasteiger partial charge < -0.3 is 5.73 Å². The normalized spacial score (nSPS) is 13.2. The average Bonchev–Trinajstić information content (AvgIpc) is 2.41. The largest absolute Gasteiger partial charge is 0.356 e. The Labute approximate surface area is 111 Å². The van der Waals surface area contributed by atoms with Crippen LogP contribution in [0.15, 0.2) is 53.7 Å². The highest BCUT2D eigenvalue weighted by atomic mass is 32.2. The molecule has 0 saturated heterocycles. The van der Waals surface area contributed by atoms with Crippen LogP contribution in [0.25, 0.3) is 0 Å². The molecule has 19 heavy (non-hydrogen) atoms. The first-order chi connectivity index (χ1) is 9.05. The molecule has 1 aromatic heterocycles. The molecule has 0 bridgehead atoms. The van der Waals surface area contributed by atoms with Gasteiger partial charge in [0.1, 0.15) is 11.1 Å². The molecule has 0 aliphatic carbocycles. The first kappa shape index (κ1) is 13.6. The molecule has 0 amide bonds. The smallest absolute Gasteiger partial charge is 0.190 e. The van der Waals surface area contributed by atoms with Crippen LogP contribution in [0.4, 0.5) is 4.39 Å². The highest BCUT2D eigenvalue weighted by Gasteiger charge is 2.29. The van der Waals surface area contributed by atoms with Crippen molar-refractivity contribution >= 4 is 9.84 Å². The van der Waals surface area contributed by atoms with Crippen molar-refractivity contribution in [3.63, 3.8) is 0 Å². The number of hydrogen-bond donors (Lipinski definition) is 1. The summed E-state index contributed by atoms with van der Waals surface area (Å²) in [5, 5.41) is -0.772. The summed E-state index contributed by atoms with van der Waals surface area (Å²) >= 11 is 0. The van der Waals surface area contributed by atoms with E-state index in [0.29, 0.717) is 5.56 Å². The lowest BCUT2D eigenvalue weighted by Gasteiger charge is -2.14. The van der Waals surface area contributed by atoms with Gasteiger partial charge >= 0.3 is 0 Å². The number of sulfone groups is 1. The number of halogens is 1. The quantitative estimate of drug-likeness (QED) is 0.849. The fourth-order valence-electron chi connectivity index (χ4n) is 1.86. The molecule has 1 atom stereocenters. The van der Waals surface area contributed by atoms with Crippen molar-refractivity contribution in [2.45, 2.75) is 10.1 Å². The molecule has 3 N–H and O–H groups in total. The molecular weight excluding hydrogens is 267 g/mol. The number of benzene rings is 1. The Bertz CT molecular complexity index is 642. The van der Waals surface area contributed by atoms with E-state index in [1.54, 1.807) is 18.3 Å². The highest BCUT2D eigenvalue weighted by Crippen LogP contribution is 2.27. The van der Waals surface area contributed by atoms with Crippen LogP contribution < -0.4 is 5.73 Å². The van der Waals surface area contributed by atoms with Crippen molar-refractivity contribution in [2.75, 3.05) is 6.54 Å². The lowest BCUT2D eigenvalue weighted by atomic mass is 10.2. The van der Waals surface area contributed by atoms with E-state index in [0.717, 1.165) is 12.1 Å². The average molecular weight is 281 g/mol. The summed E-state index contributed by atoms with van der Waals surface area (Å²) in [6.45, 7) is 0.186. The van der Waals surface area contributed by atoms with Gasteiger partial charge in [0, 0.05) is 12.4 Å². The summed E-state index contributed by atoms with van der Waals surface area (Å²) in [5.74, 6) is -0.466. The summed E-state index contributed by atoms with van der Waals surface area (Å²) in [4.78, 5) is 4.01. The molecule has 0 fully saturated rings. The molecule has 2 aromatic rings. The maximum Gasteiger partial charge on any atom is 0.190 e. The van der Waals surface area contributed by atoms with E-state index in [2.05, 4.69) is 10.7 Å². The van der Waals surface area contributed by atoms with Crippen LogP contribution in [0.2, 0.25) is 0 Å². The van der Waals surface area contributed by atoms with Gasteiger partial charge in [0.05, 0.1) is 11.4 Å². The Balaban J connectivity index is 2.45. The van der Waals surface area contributed by atoms with Crippen molar-refractivity contribution in [1.82, 2.24) is 4.98 Å². The minimum absolute atomic E-state index is 0.0893. The van der Waals surface area contributed by atoms with Gasteiger partial charge in [0.2, 0.25) is 0 Å². The fraction of sp³-hybridized carbons (Fsp3) is 0.154. The molecule has 6 heteroatoms. The zero-order valence-corrected chi connectivity index (χ0v) is 11.0. The number of nitrogens with zero attached hydrogens (tertiary/aromatic N) is 1. The van der Waals surface area contributed by atoms with Crippen molar-refractivity contribution in [2.24, 2.45) is 0 Å². The minimum Gasteiger partial charge on any atom is -0.356 e. The summed E-state index contributed by atoms with van der Waals surface area (Å²) in [7, 11) is -3.59. The van der Waals surface area contributed by atoms with Crippen LogP contribution in [-0.2, 0) is 9.84 Å². The van der Waals surface area contributed by atoms with Crippen LogP contribution in [-0.4, -0.2) is 19.9 Å². The number of hydrogen-bond acceptors (Lipinski definition) is 3. The van der Waals surface area contributed by atoms with Crippen LogP contribution in [0.5, 0.6) is 0 Å². The van der Waals surface area contributed by atoms with Gasteiger partial charge in [0.15, 0.2) is 9.84 Å². The van der Waals surface area contributed by atoms with Gasteiger partial charge in [-0.1, -0.05) is 6.07 Å². The highest BCUT2D eigenvalue weighted by molar-refractivity contribution is 7.91.